The van der Waals surface area contributed by atoms with Gasteiger partial charge in [0.15, 0.2) is 0 Å². The molecule has 0 saturated heterocycles. The Balaban J connectivity index is 1.73. The number of aromatic nitrogens is 1. The van der Waals surface area contributed by atoms with Gasteiger partial charge in [0.25, 0.3) is 5.91 Å². The number of nitrogens with zero attached hydrogens (tertiary/aromatic N) is 2. The van der Waals surface area contributed by atoms with E-state index in [2.05, 4.69) is 10.3 Å². The van der Waals surface area contributed by atoms with E-state index in [4.69, 9.17) is 4.74 Å². The number of hydrogen-bond acceptors (Lipinski definition) is 5. The molecule has 27 heavy (non-hydrogen) atoms. The van der Waals surface area contributed by atoms with Gasteiger partial charge in [-0.25, -0.2) is 4.98 Å². The second-order valence-corrected chi connectivity index (χ2v) is 6.41. The maximum Gasteiger partial charge on any atom is 0.266 e. The predicted molar refractivity (Wildman–Crippen MR) is 107 cm³/mol. The van der Waals surface area contributed by atoms with E-state index in [1.54, 1.807) is 24.3 Å². The molecule has 1 heterocycles. The first-order valence-electron chi connectivity index (χ1n) is 8.36. The van der Waals surface area contributed by atoms with E-state index >= 15 is 0 Å². The van der Waals surface area contributed by atoms with Gasteiger partial charge in [-0.2, -0.15) is 5.26 Å². The second-order valence-electron chi connectivity index (χ2n) is 5.52. The van der Waals surface area contributed by atoms with Gasteiger partial charge in [0.2, 0.25) is 0 Å². The highest BCUT2D eigenvalue weighted by molar-refractivity contribution is 7.10. The number of amides is 1. The zero-order chi connectivity index (χ0) is 19.1. The third-order valence-electron chi connectivity index (χ3n) is 3.65. The summed E-state index contributed by atoms with van der Waals surface area (Å²) in [5.74, 6) is 0.251. The van der Waals surface area contributed by atoms with Crippen LogP contribution in [0, 0.1) is 11.3 Å². The highest BCUT2D eigenvalue weighted by atomic mass is 32.1. The minimum Gasteiger partial charge on any atom is -0.494 e. The van der Waals surface area contributed by atoms with Crippen molar-refractivity contribution in [2.45, 2.75) is 6.92 Å². The summed E-state index contributed by atoms with van der Waals surface area (Å²) in [6.07, 6.45) is 1.50. The fraction of sp³-hybridized carbons (Fsp3) is 0.0952. The minimum absolute atomic E-state index is 0.00199. The van der Waals surface area contributed by atoms with E-state index in [-0.39, 0.29) is 5.57 Å². The third kappa shape index (κ3) is 4.81. The smallest absolute Gasteiger partial charge is 0.266 e. The number of anilines is 1. The highest BCUT2D eigenvalue weighted by Gasteiger charge is 2.11. The van der Waals surface area contributed by atoms with Crippen molar-refractivity contribution in [3.63, 3.8) is 0 Å². The number of rotatable bonds is 6. The first-order valence-corrected chi connectivity index (χ1v) is 9.24. The molecule has 0 atom stereocenters. The Bertz CT molecular complexity index is 986. The third-order valence-corrected chi connectivity index (χ3v) is 4.44. The Morgan fingerprint density at radius 3 is 2.63 bits per heavy atom. The van der Waals surface area contributed by atoms with Crippen molar-refractivity contribution < 1.29 is 9.53 Å². The number of nitrogens with one attached hydrogen (secondary N) is 1. The van der Waals surface area contributed by atoms with Crippen molar-refractivity contribution in [3.8, 4) is 23.1 Å². The molecule has 5 nitrogen and oxygen atoms in total. The van der Waals surface area contributed by atoms with Crippen molar-refractivity contribution in [1.29, 1.82) is 5.26 Å². The average molecular weight is 375 g/mol. The molecule has 0 radical (unpaired) electrons. The van der Waals surface area contributed by atoms with Crippen LogP contribution in [0.4, 0.5) is 5.69 Å². The van der Waals surface area contributed by atoms with Gasteiger partial charge in [0.05, 0.1) is 12.3 Å². The molecule has 0 spiro atoms. The maximum absolute atomic E-state index is 12.4. The Kier molecular flexibility index (Phi) is 5.98. The van der Waals surface area contributed by atoms with Crippen LogP contribution < -0.4 is 10.1 Å². The lowest BCUT2D eigenvalue weighted by atomic mass is 10.2. The number of carbonyl (C=O) groups excluding carboxylic acids is 1. The molecule has 0 aliphatic heterocycles. The number of benzene rings is 2. The van der Waals surface area contributed by atoms with E-state index in [1.807, 2.05) is 48.7 Å². The summed E-state index contributed by atoms with van der Waals surface area (Å²) >= 11 is 1.38. The van der Waals surface area contributed by atoms with E-state index in [0.29, 0.717) is 17.3 Å². The Morgan fingerprint density at radius 2 is 1.96 bits per heavy atom. The largest absolute Gasteiger partial charge is 0.494 e. The molecule has 6 heteroatoms. The van der Waals surface area contributed by atoms with Gasteiger partial charge in [-0.15, -0.1) is 11.3 Å². The van der Waals surface area contributed by atoms with Crippen molar-refractivity contribution in [2.24, 2.45) is 0 Å². The normalized spacial score (nSPS) is 10.9. The van der Waals surface area contributed by atoms with Crippen LogP contribution in [0.15, 0.2) is 65.6 Å². The molecule has 0 bridgehead atoms. The molecule has 134 valence electrons. The Morgan fingerprint density at radius 1 is 1.22 bits per heavy atom. The summed E-state index contributed by atoms with van der Waals surface area (Å²) in [5, 5.41) is 14.6. The minimum atomic E-state index is -0.474. The summed E-state index contributed by atoms with van der Waals surface area (Å²) in [7, 11) is 0. The molecule has 1 amide bonds. The topological polar surface area (TPSA) is 75.0 Å². The molecular weight excluding hydrogens is 358 g/mol. The molecule has 3 rings (SSSR count). The van der Waals surface area contributed by atoms with E-state index in [9.17, 15) is 10.1 Å². The van der Waals surface area contributed by atoms with Crippen LogP contribution in [-0.4, -0.2) is 17.5 Å². The number of nitriles is 1. The summed E-state index contributed by atoms with van der Waals surface area (Å²) in [5.41, 5.74) is 2.40. The molecule has 1 N–H and O–H groups in total. The van der Waals surface area contributed by atoms with Gasteiger partial charge in [0, 0.05) is 16.6 Å². The molecule has 0 aliphatic rings. The Hall–Kier alpha value is -3.43. The zero-order valence-corrected chi connectivity index (χ0v) is 15.5. The first-order chi connectivity index (χ1) is 13.2. The summed E-state index contributed by atoms with van der Waals surface area (Å²) in [6, 6.07) is 18.7. The number of ether oxygens (including phenoxy) is 1. The van der Waals surface area contributed by atoms with E-state index < -0.39 is 5.91 Å². The van der Waals surface area contributed by atoms with Crippen LogP contribution in [-0.2, 0) is 4.79 Å². The van der Waals surface area contributed by atoms with E-state index in [0.717, 1.165) is 17.0 Å². The van der Waals surface area contributed by atoms with Crippen molar-refractivity contribution in [2.75, 3.05) is 11.9 Å². The van der Waals surface area contributed by atoms with Crippen molar-refractivity contribution in [3.05, 3.63) is 70.6 Å². The van der Waals surface area contributed by atoms with Crippen LogP contribution in [0.3, 0.4) is 0 Å². The lowest BCUT2D eigenvalue weighted by Crippen LogP contribution is -2.13. The first kappa shape index (κ1) is 18.4. The molecular formula is C21H17N3O2S. The SMILES string of the molecule is CCOc1ccc(NC(=O)C(C#N)=Cc2nc(-c3ccccc3)cs2)cc1. The molecule has 0 saturated carbocycles. The average Bonchev–Trinajstić information content (AvgIpc) is 3.17. The molecule has 0 unspecified atom stereocenters. The fourth-order valence-corrected chi connectivity index (χ4v) is 3.13. The lowest BCUT2D eigenvalue weighted by Gasteiger charge is -2.06. The Labute approximate surface area is 161 Å². The zero-order valence-electron chi connectivity index (χ0n) is 14.7. The molecule has 0 aliphatic carbocycles. The van der Waals surface area contributed by atoms with Crippen molar-refractivity contribution >= 4 is 29.0 Å². The van der Waals surface area contributed by atoms with Gasteiger partial charge in [-0.3, -0.25) is 4.79 Å². The number of thiazole rings is 1. The van der Waals surface area contributed by atoms with Crippen LogP contribution in [0.25, 0.3) is 17.3 Å². The van der Waals surface area contributed by atoms with Crippen LogP contribution in [0.2, 0.25) is 0 Å². The van der Waals surface area contributed by atoms with Crippen LogP contribution in [0.1, 0.15) is 11.9 Å². The van der Waals surface area contributed by atoms with E-state index in [1.165, 1.54) is 17.4 Å². The molecule has 2 aromatic carbocycles. The lowest BCUT2D eigenvalue weighted by molar-refractivity contribution is -0.112. The monoisotopic (exact) mass is 375 g/mol. The van der Waals surface area contributed by atoms with Gasteiger partial charge < -0.3 is 10.1 Å². The second kappa shape index (κ2) is 8.79. The molecule has 3 aromatic rings. The number of carbonyl (C=O) groups is 1. The van der Waals surface area contributed by atoms with Crippen LogP contribution in [0.5, 0.6) is 5.75 Å². The predicted octanol–water partition coefficient (Wildman–Crippen LogP) is 4.75. The van der Waals surface area contributed by atoms with Crippen molar-refractivity contribution in [1.82, 2.24) is 4.98 Å². The van der Waals surface area contributed by atoms with Gasteiger partial charge in [-0.05, 0) is 37.3 Å². The van der Waals surface area contributed by atoms with Gasteiger partial charge in [0.1, 0.15) is 22.4 Å². The quantitative estimate of drug-likeness (QED) is 0.498. The highest BCUT2D eigenvalue weighted by Crippen LogP contribution is 2.23. The molecule has 0 fully saturated rings. The maximum atomic E-state index is 12.4. The summed E-state index contributed by atoms with van der Waals surface area (Å²) < 4.78 is 5.37. The molecule has 1 aromatic heterocycles. The standard InChI is InChI=1S/C21H17N3O2S/c1-2-26-18-10-8-17(9-11-18)23-21(25)16(13-22)12-20-24-19(14-27-20)15-6-4-3-5-7-15/h3-12,14H,2H2,1H3,(H,23,25). The van der Waals surface area contributed by atoms with Gasteiger partial charge in [-0.1, -0.05) is 30.3 Å². The number of hydrogen-bond donors (Lipinski definition) is 1. The van der Waals surface area contributed by atoms with Gasteiger partial charge >= 0.3 is 0 Å². The summed E-state index contributed by atoms with van der Waals surface area (Å²) in [4.78, 5) is 16.9. The summed E-state index contributed by atoms with van der Waals surface area (Å²) in [6.45, 7) is 2.48. The fourth-order valence-electron chi connectivity index (χ4n) is 2.37. The van der Waals surface area contributed by atoms with Crippen LogP contribution >= 0.6 is 11.3 Å².